The van der Waals surface area contributed by atoms with Gasteiger partial charge in [0.2, 0.25) is 5.91 Å². The van der Waals surface area contributed by atoms with Crippen molar-refractivity contribution < 1.29 is 18.7 Å². The number of carbonyl (C=O) groups excluding carboxylic acids is 1. The summed E-state index contributed by atoms with van der Waals surface area (Å²) < 4.78 is 17.6. The number of primary amides is 1. The van der Waals surface area contributed by atoms with Crippen molar-refractivity contribution in [3.05, 3.63) is 29.0 Å². The lowest BCUT2D eigenvalue weighted by Crippen LogP contribution is -2.46. The number of fused-ring (bicyclic) bond motifs is 3. The van der Waals surface area contributed by atoms with Gasteiger partial charge in [-0.2, -0.15) is 0 Å². The molecule has 0 spiro atoms. The Bertz CT molecular complexity index is 1180. The van der Waals surface area contributed by atoms with E-state index in [-0.39, 0.29) is 17.9 Å². The van der Waals surface area contributed by atoms with Crippen LogP contribution in [-0.2, 0) is 16.0 Å². The quantitative estimate of drug-likeness (QED) is 0.504. The Kier molecular flexibility index (Phi) is 6.34. The fourth-order valence-electron chi connectivity index (χ4n) is 5.85. The lowest BCUT2D eigenvalue weighted by atomic mass is 9.91. The number of amides is 1. The molecular weight excluding hydrogens is 466 g/mol. The molecule has 1 saturated heterocycles. The predicted octanol–water partition coefficient (Wildman–Crippen LogP) is 3.96. The zero-order chi connectivity index (χ0) is 23.8. The molecule has 1 atom stereocenters. The van der Waals surface area contributed by atoms with Gasteiger partial charge in [0.1, 0.15) is 22.7 Å². The highest BCUT2D eigenvalue weighted by Gasteiger charge is 2.33. The van der Waals surface area contributed by atoms with Crippen LogP contribution < -0.4 is 15.8 Å². The monoisotopic (exact) mass is 497 g/mol. The van der Waals surface area contributed by atoms with Gasteiger partial charge in [0.15, 0.2) is 0 Å². The number of thiophene rings is 1. The molecular formula is C25H31N5O4S. The molecule has 0 bridgehead atoms. The molecule has 3 aromatic heterocycles. The Hall–Kier alpha value is -2.69. The number of pyridine rings is 1. The molecule has 4 heterocycles. The third-order valence-corrected chi connectivity index (χ3v) is 8.64. The van der Waals surface area contributed by atoms with Crippen molar-refractivity contribution in [2.45, 2.75) is 63.0 Å². The average Bonchev–Trinajstić information content (AvgIpc) is 3.58. The zero-order valence-corrected chi connectivity index (χ0v) is 20.5. The van der Waals surface area contributed by atoms with Crippen molar-refractivity contribution >= 4 is 39.3 Å². The van der Waals surface area contributed by atoms with Crippen LogP contribution in [0.3, 0.4) is 0 Å². The van der Waals surface area contributed by atoms with Crippen molar-refractivity contribution in [1.82, 2.24) is 14.9 Å². The smallest absolute Gasteiger partial charge is 0.300 e. The second-order valence-corrected chi connectivity index (χ2v) is 10.8. The van der Waals surface area contributed by atoms with E-state index in [4.69, 9.17) is 24.6 Å². The van der Waals surface area contributed by atoms with Gasteiger partial charge >= 0.3 is 0 Å². The van der Waals surface area contributed by atoms with Crippen LogP contribution in [0.1, 0.15) is 54.9 Å². The average molecular weight is 498 g/mol. The maximum atomic E-state index is 11.8. The minimum absolute atomic E-state index is 0.128. The SMILES string of the molecule is NC(=O)C[C@H]1CCc2sc3nc(Nc4ncco4)cc(O[C@H]4CC[C@H](N5CCOCC5)CC4)c3c21. The third kappa shape index (κ3) is 4.74. The summed E-state index contributed by atoms with van der Waals surface area (Å²) in [6, 6.07) is 2.96. The van der Waals surface area contributed by atoms with Crippen LogP contribution in [0.2, 0.25) is 0 Å². The zero-order valence-electron chi connectivity index (χ0n) is 19.7. The molecule has 1 aliphatic heterocycles. The highest BCUT2D eigenvalue weighted by atomic mass is 32.1. The van der Waals surface area contributed by atoms with Gasteiger partial charge in [0.05, 0.1) is 30.9 Å². The first-order valence-electron chi connectivity index (χ1n) is 12.5. The van der Waals surface area contributed by atoms with Crippen LogP contribution in [0.25, 0.3) is 10.2 Å². The van der Waals surface area contributed by atoms with Crippen LogP contribution in [0.4, 0.5) is 11.8 Å². The Balaban J connectivity index is 1.28. The number of nitrogens with one attached hydrogen (secondary N) is 1. The summed E-state index contributed by atoms with van der Waals surface area (Å²) >= 11 is 1.69. The fourth-order valence-corrected chi connectivity index (χ4v) is 7.14. The van der Waals surface area contributed by atoms with Crippen LogP contribution in [0.5, 0.6) is 5.75 Å². The highest BCUT2D eigenvalue weighted by molar-refractivity contribution is 7.19. The molecule has 10 heteroatoms. The van der Waals surface area contributed by atoms with Crippen LogP contribution in [0.15, 0.2) is 22.9 Å². The maximum Gasteiger partial charge on any atom is 0.300 e. The van der Waals surface area contributed by atoms with Gasteiger partial charge in [-0.1, -0.05) is 0 Å². The van der Waals surface area contributed by atoms with E-state index in [1.165, 1.54) is 16.7 Å². The van der Waals surface area contributed by atoms with E-state index in [1.54, 1.807) is 17.5 Å². The number of hydrogen-bond donors (Lipinski definition) is 2. The first-order chi connectivity index (χ1) is 17.1. The van der Waals surface area contributed by atoms with E-state index in [0.717, 1.165) is 80.8 Å². The first kappa shape index (κ1) is 22.8. The van der Waals surface area contributed by atoms with E-state index >= 15 is 0 Å². The van der Waals surface area contributed by atoms with Crippen molar-refractivity contribution in [2.75, 3.05) is 31.6 Å². The Morgan fingerprint density at radius 1 is 1.23 bits per heavy atom. The number of morpholine rings is 1. The second-order valence-electron chi connectivity index (χ2n) is 9.69. The van der Waals surface area contributed by atoms with E-state index in [9.17, 15) is 4.79 Å². The number of hydrogen-bond acceptors (Lipinski definition) is 9. The molecule has 9 nitrogen and oxygen atoms in total. The minimum atomic E-state index is -0.263. The highest BCUT2D eigenvalue weighted by Crippen LogP contribution is 2.49. The van der Waals surface area contributed by atoms with E-state index in [0.29, 0.717) is 24.3 Å². The van der Waals surface area contributed by atoms with Crippen molar-refractivity contribution in [3.63, 3.8) is 0 Å². The normalized spacial score (nSPS) is 25.0. The molecule has 2 fully saturated rings. The van der Waals surface area contributed by atoms with Crippen molar-refractivity contribution in [1.29, 1.82) is 0 Å². The van der Waals surface area contributed by atoms with Gasteiger partial charge in [0, 0.05) is 36.5 Å². The minimum Gasteiger partial charge on any atom is -0.490 e. The molecule has 2 aliphatic carbocycles. The van der Waals surface area contributed by atoms with Crippen LogP contribution >= 0.6 is 11.3 Å². The molecule has 0 aromatic carbocycles. The van der Waals surface area contributed by atoms with E-state index in [1.807, 2.05) is 6.07 Å². The number of nitrogens with zero attached hydrogens (tertiary/aromatic N) is 3. The molecule has 0 radical (unpaired) electrons. The summed E-state index contributed by atoms with van der Waals surface area (Å²) in [6.45, 7) is 3.72. The summed E-state index contributed by atoms with van der Waals surface area (Å²) in [5, 5.41) is 4.20. The van der Waals surface area contributed by atoms with Gasteiger partial charge in [-0.25, -0.2) is 9.97 Å². The van der Waals surface area contributed by atoms with Gasteiger partial charge in [-0.15, -0.1) is 11.3 Å². The Morgan fingerprint density at radius 3 is 2.80 bits per heavy atom. The molecule has 1 amide bonds. The molecule has 3 aromatic rings. The predicted molar refractivity (Wildman–Crippen MR) is 133 cm³/mol. The number of nitrogens with two attached hydrogens (primary N) is 1. The maximum absolute atomic E-state index is 11.8. The number of rotatable bonds is 7. The van der Waals surface area contributed by atoms with Gasteiger partial charge in [0.25, 0.3) is 6.01 Å². The number of carbonyl (C=O) groups is 1. The van der Waals surface area contributed by atoms with Gasteiger partial charge in [-0.3, -0.25) is 15.0 Å². The first-order valence-corrected chi connectivity index (χ1v) is 13.4. The molecule has 6 rings (SSSR count). The molecule has 3 N–H and O–H groups in total. The summed E-state index contributed by atoms with van der Waals surface area (Å²) in [5.74, 6) is 1.33. The molecule has 3 aliphatic rings. The Morgan fingerprint density at radius 2 is 2.06 bits per heavy atom. The van der Waals surface area contributed by atoms with Gasteiger partial charge in [-0.05, 0) is 50.0 Å². The number of ether oxygens (including phenoxy) is 2. The number of anilines is 2. The summed E-state index contributed by atoms with van der Waals surface area (Å²) in [5.41, 5.74) is 6.79. The molecule has 186 valence electrons. The number of aromatic nitrogens is 2. The fraction of sp³-hybridized carbons (Fsp3) is 0.560. The van der Waals surface area contributed by atoms with Crippen molar-refractivity contribution in [2.24, 2.45) is 5.73 Å². The van der Waals surface area contributed by atoms with Crippen LogP contribution in [-0.4, -0.2) is 59.2 Å². The summed E-state index contributed by atoms with van der Waals surface area (Å²) in [4.78, 5) is 25.5. The standard InChI is InChI=1S/C25H31N5O4S/c26-20(31)13-15-1-6-19-22(15)23-18(14-21(28-24(23)35-19)29-25-27-7-10-33-25)34-17-4-2-16(3-5-17)30-8-11-32-12-9-30/h7,10,14-17H,1-6,8-9,11-13H2,(H2,26,31)(H,27,28,29)/t15-,16-,17-/m1/s1. The van der Waals surface area contributed by atoms with Crippen molar-refractivity contribution in [3.8, 4) is 5.75 Å². The molecule has 0 unspecified atom stereocenters. The second kappa shape index (κ2) is 9.75. The number of aryl methyl sites for hydroxylation is 1. The van der Waals surface area contributed by atoms with E-state index < -0.39 is 0 Å². The van der Waals surface area contributed by atoms with E-state index in [2.05, 4.69) is 15.2 Å². The third-order valence-electron chi connectivity index (χ3n) is 7.48. The lowest BCUT2D eigenvalue weighted by Gasteiger charge is -2.38. The molecule has 1 saturated carbocycles. The van der Waals surface area contributed by atoms with Gasteiger partial charge < -0.3 is 19.6 Å². The Labute approximate surface area is 208 Å². The lowest BCUT2D eigenvalue weighted by molar-refractivity contribution is -0.118. The topological polar surface area (TPSA) is 116 Å². The summed E-state index contributed by atoms with van der Waals surface area (Å²) in [6.07, 6.45) is 9.83. The summed E-state index contributed by atoms with van der Waals surface area (Å²) in [7, 11) is 0. The molecule has 35 heavy (non-hydrogen) atoms. The number of oxazole rings is 1. The largest absolute Gasteiger partial charge is 0.490 e. The van der Waals surface area contributed by atoms with Crippen LogP contribution in [0, 0.1) is 0 Å².